The summed E-state index contributed by atoms with van der Waals surface area (Å²) >= 11 is 0. The number of anilines is 2. The third kappa shape index (κ3) is 3.31. The molecular formula is C13H16N2O2. The standard InChI is InChI=1S/C13H16N2O2/c1-2-12(16)14-10-4-3-5-11(8-10)15-13(17)9-6-7-9/h3-5,8-9H,2,6-7H2,1H3,(H,14,16)(H,15,17). The summed E-state index contributed by atoms with van der Waals surface area (Å²) in [5.41, 5.74) is 1.45. The van der Waals surface area contributed by atoms with Gasteiger partial charge in [-0.1, -0.05) is 13.0 Å². The maximum atomic E-state index is 11.6. The molecule has 90 valence electrons. The van der Waals surface area contributed by atoms with Crippen molar-refractivity contribution in [2.45, 2.75) is 26.2 Å². The number of hydrogen-bond donors (Lipinski definition) is 2. The van der Waals surface area contributed by atoms with E-state index in [1.54, 1.807) is 19.1 Å². The average molecular weight is 232 g/mol. The highest BCUT2D eigenvalue weighted by Crippen LogP contribution is 2.30. The fraction of sp³-hybridized carbons (Fsp3) is 0.385. The van der Waals surface area contributed by atoms with Crippen LogP contribution in [0.5, 0.6) is 0 Å². The van der Waals surface area contributed by atoms with E-state index in [0.717, 1.165) is 18.5 Å². The minimum Gasteiger partial charge on any atom is -0.326 e. The van der Waals surface area contributed by atoms with E-state index in [9.17, 15) is 9.59 Å². The lowest BCUT2D eigenvalue weighted by Gasteiger charge is -2.07. The Labute approximate surface area is 100 Å². The van der Waals surface area contributed by atoms with Crippen LogP contribution in [-0.2, 0) is 9.59 Å². The second kappa shape index (κ2) is 4.99. The van der Waals surface area contributed by atoms with Crippen LogP contribution in [0.25, 0.3) is 0 Å². The molecule has 0 atom stereocenters. The minimum absolute atomic E-state index is 0.0318. The number of hydrogen-bond acceptors (Lipinski definition) is 2. The number of rotatable bonds is 4. The number of benzene rings is 1. The molecular weight excluding hydrogens is 216 g/mol. The molecule has 1 aliphatic carbocycles. The summed E-state index contributed by atoms with van der Waals surface area (Å²) in [6.45, 7) is 1.80. The van der Waals surface area contributed by atoms with E-state index in [1.165, 1.54) is 0 Å². The predicted molar refractivity (Wildman–Crippen MR) is 66.7 cm³/mol. The Hall–Kier alpha value is -1.84. The summed E-state index contributed by atoms with van der Waals surface area (Å²) in [5, 5.41) is 5.61. The Bertz CT molecular complexity index is 439. The summed E-state index contributed by atoms with van der Waals surface area (Å²) in [4.78, 5) is 22.8. The number of amides is 2. The van der Waals surface area contributed by atoms with Gasteiger partial charge in [-0.25, -0.2) is 0 Å². The van der Waals surface area contributed by atoms with E-state index in [1.807, 2.05) is 12.1 Å². The lowest BCUT2D eigenvalue weighted by molar-refractivity contribution is -0.117. The zero-order valence-corrected chi connectivity index (χ0v) is 9.82. The monoisotopic (exact) mass is 232 g/mol. The lowest BCUT2D eigenvalue weighted by atomic mass is 10.2. The van der Waals surface area contributed by atoms with Gasteiger partial charge in [-0.2, -0.15) is 0 Å². The molecule has 0 spiro atoms. The Morgan fingerprint density at radius 3 is 2.47 bits per heavy atom. The van der Waals surface area contributed by atoms with Gasteiger partial charge in [-0.05, 0) is 31.0 Å². The van der Waals surface area contributed by atoms with Crippen LogP contribution in [0.2, 0.25) is 0 Å². The van der Waals surface area contributed by atoms with Crippen LogP contribution in [0.15, 0.2) is 24.3 Å². The van der Waals surface area contributed by atoms with Gasteiger partial charge in [-0.3, -0.25) is 9.59 Å². The van der Waals surface area contributed by atoms with Crippen molar-refractivity contribution in [2.24, 2.45) is 5.92 Å². The van der Waals surface area contributed by atoms with Crippen LogP contribution in [-0.4, -0.2) is 11.8 Å². The molecule has 0 saturated heterocycles. The molecule has 0 aromatic heterocycles. The molecule has 0 heterocycles. The molecule has 0 unspecified atom stereocenters. The van der Waals surface area contributed by atoms with Gasteiger partial charge < -0.3 is 10.6 Å². The van der Waals surface area contributed by atoms with Gasteiger partial charge in [0.25, 0.3) is 0 Å². The normalized spacial score (nSPS) is 14.2. The Balaban J connectivity index is 2.00. The summed E-state index contributed by atoms with van der Waals surface area (Å²) in [7, 11) is 0. The summed E-state index contributed by atoms with van der Waals surface area (Å²) in [5.74, 6) is 0.225. The number of carbonyl (C=O) groups excluding carboxylic acids is 2. The second-order valence-electron chi connectivity index (χ2n) is 4.25. The molecule has 1 aliphatic rings. The molecule has 2 N–H and O–H groups in total. The highest BCUT2D eigenvalue weighted by Gasteiger charge is 2.29. The lowest BCUT2D eigenvalue weighted by Crippen LogP contribution is -2.14. The van der Waals surface area contributed by atoms with Crippen LogP contribution in [0.1, 0.15) is 26.2 Å². The third-order valence-electron chi connectivity index (χ3n) is 2.68. The summed E-state index contributed by atoms with van der Waals surface area (Å²) in [6.07, 6.45) is 2.41. The fourth-order valence-electron chi connectivity index (χ4n) is 1.51. The molecule has 1 saturated carbocycles. The van der Waals surface area contributed by atoms with E-state index < -0.39 is 0 Å². The van der Waals surface area contributed by atoms with E-state index in [4.69, 9.17) is 0 Å². The van der Waals surface area contributed by atoms with Gasteiger partial charge in [0.15, 0.2) is 0 Å². The van der Waals surface area contributed by atoms with Crippen molar-refractivity contribution in [3.8, 4) is 0 Å². The Morgan fingerprint density at radius 2 is 1.88 bits per heavy atom. The SMILES string of the molecule is CCC(=O)Nc1cccc(NC(=O)C2CC2)c1. The topological polar surface area (TPSA) is 58.2 Å². The zero-order valence-electron chi connectivity index (χ0n) is 9.82. The Kier molecular flexibility index (Phi) is 3.42. The molecule has 0 bridgehead atoms. The first-order valence-corrected chi connectivity index (χ1v) is 5.90. The van der Waals surface area contributed by atoms with Gasteiger partial charge in [0.2, 0.25) is 11.8 Å². The van der Waals surface area contributed by atoms with Gasteiger partial charge in [0.05, 0.1) is 0 Å². The molecule has 0 radical (unpaired) electrons. The van der Waals surface area contributed by atoms with E-state index in [0.29, 0.717) is 12.1 Å². The van der Waals surface area contributed by atoms with Gasteiger partial charge in [-0.15, -0.1) is 0 Å². The highest BCUT2D eigenvalue weighted by atomic mass is 16.2. The molecule has 1 fully saturated rings. The fourth-order valence-corrected chi connectivity index (χ4v) is 1.51. The summed E-state index contributed by atoms with van der Waals surface area (Å²) < 4.78 is 0. The highest BCUT2D eigenvalue weighted by molar-refractivity contribution is 5.95. The third-order valence-corrected chi connectivity index (χ3v) is 2.68. The van der Waals surface area contributed by atoms with Crippen molar-refractivity contribution < 1.29 is 9.59 Å². The maximum Gasteiger partial charge on any atom is 0.227 e. The van der Waals surface area contributed by atoms with Crippen LogP contribution in [0.3, 0.4) is 0 Å². The van der Waals surface area contributed by atoms with E-state index >= 15 is 0 Å². The predicted octanol–water partition coefficient (Wildman–Crippen LogP) is 2.38. The van der Waals surface area contributed by atoms with Crippen molar-refractivity contribution in [1.29, 1.82) is 0 Å². The van der Waals surface area contributed by atoms with Crippen molar-refractivity contribution in [2.75, 3.05) is 10.6 Å². The van der Waals surface area contributed by atoms with Crippen LogP contribution < -0.4 is 10.6 Å². The molecule has 0 aliphatic heterocycles. The zero-order chi connectivity index (χ0) is 12.3. The molecule has 2 rings (SSSR count). The van der Waals surface area contributed by atoms with Gasteiger partial charge in [0.1, 0.15) is 0 Å². The summed E-state index contributed by atoms with van der Waals surface area (Å²) in [6, 6.07) is 7.21. The van der Waals surface area contributed by atoms with Gasteiger partial charge in [0, 0.05) is 23.7 Å². The number of nitrogens with one attached hydrogen (secondary N) is 2. The second-order valence-corrected chi connectivity index (χ2v) is 4.25. The van der Waals surface area contributed by atoms with Crippen molar-refractivity contribution >= 4 is 23.2 Å². The molecule has 4 nitrogen and oxygen atoms in total. The van der Waals surface area contributed by atoms with Crippen molar-refractivity contribution in [3.63, 3.8) is 0 Å². The average Bonchev–Trinajstić information content (AvgIpc) is 3.13. The molecule has 2 amide bonds. The van der Waals surface area contributed by atoms with Crippen LogP contribution >= 0.6 is 0 Å². The van der Waals surface area contributed by atoms with Crippen LogP contribution in [0, 0.1) is 5.92 Å². The quantitative estimate of drug-likeness (QED) is 0.837. The maximum absolute atomic E-state index is 11.6. The molecule has 1 aromatic carbocycles. The molecule has 4 heteroatoms. The van der Waals surface area contributed by atoms with Crippen molar-refractivity contribution in [3.05, 3.63) is 24.3 Å². The molecule has 1 aromatic rings. The Morgan fingerprint density at radius 1 is 1.24 bits per heavy atom. The molecule has 17 heavy (non-hydrogen) atoms. The van der Waals surface area contributed by atoms with Gasteiger partial charge >= 0.3 is 0 Å². The number of carbonyl (C=O) groups is 2. The van der Waals surface area contributed by atoms with Crippen molar-refractivity contribution in [1.82, 2.24) is 0 Å². The first-order chi connectivity index (χ1) is 8.19. The first-order valence-electron chi connectivity index (χ1n) is 5.90. The van der Waals surface area contributed by atoms with E-state index in [2.05, 4.69) is 10.6 Å². The minimum atomic E-state index is -0.0318. The largest absolute Gasteiger partial charge is 0.326 e. The van der Waals surface area contributed by atoms with E-state index in [-0.39, 0.29) is 17.7 Å². The smallest absolute Gasteiger partial charge is 0.227 e. The van der Waals surface area contributed by atoms with Crippen LogP contribution in [0.4, 0.5) is 11.4 Å². The first kappa shape index (κ1) is 11.6.